The fourth-order valence-corrected chi connectivity index (χ4v) is 2.86. The first-order valence-corrected chi connectivity index (χ1v) is 7.74. The molecular weight excluding hydrogens is 272 g/mol. The number of rotatable bonds is 5. The number of nitrogens with zero attached hydrogens (tertiary/aromatic N) is 3. The molecule has 1 aromatic rings. The fourth-order valence-electron chi connectivity index (χ4n) is 2.07. The molecule has 2 heterocycles. The Bertz CT molecular complexity index is 534. The first kappa shape index (κ1) is 15.1. The summed E-state index contributed by atoms with van der Waals surface area (Å²) in [5.74, 6) is 0.862. The summed E-state index contributed by atoms with van der Waals surface area (Å²) in [6, 6.07) is 2.19. The zero-order chi connectivity index (χ0) is 14.5. The molecule has 0 spiro atoms. The molecule has 5 nitrogen and oxygen atoms in total. The Balaban J connectivity index is 2.00. The smallest absolute Gasteiger partial charge is 0.177 e. The average Bonchev–Trinajstić information content (AvgIpc) is 2.72. The van der Waals surface area contributed by atoms with Crippen molar-refractivity contribution in [2.75, 3.05) is 26.0 Å². The van der Waals surface area contributed by atoms with Crippen molar-refractivity contribution >= 4 is 22.6 Å². The summed E-state index contributed by atoms with van der Waals surface area (Å²) in [6.07, 6.45) is 0.940. The van der Waals surface area contributed by atoms with Crippen molar-refractivity contribution < 1.29 is 4.74 Å². The minimum Gasteiger partial charge on any atom is -0.385 e. The van der Waals surface area contributed by atoms with E-state index in [4.69, 9.17) is 4.74 Å². The first-order chi connectivity index (χ1) is 9.63. The summed E-state index contributed by atoms with van der Waals surface area (Å²) in [4.78, 5) is 4.47. The number of hydrazone groups is 1. The number of amidine groups is 1. The molecule has 0 aliphatic carbocycles. The first-order valence-electron chi connectivity index (χ1n) is 6.75. The van der Waals surface area contributed by atoms with E-state index in [1.807, 2.05) is 0 Å². The van der Waals surface area contributed by atoms with Gasteiger partial charge in [0.2, 0.25) is 0 Å². The summed E-state index contributed by atoms with van der Waals surface area (Å²) >= 11 is 1.71. The molecule has 20 heavy (non-hydrogen) atoms. The molecule has 6 heteroatoms. The van der Waals surface area contributed by atoms with Gasteiger partial charge in [0.1, 0.15) is 0 Å². The Hall–Kier alpha value is -1.27. The zero-order valence-corrected chi connectivity index (χ0v) is 13.4. The van der Waals surface area contributed by atoms with Gasteiger partial charge < -0.3 is 9.30 Å². The number of aromatic nitrogens is 1. The van der Waals surface area contributed by atoms with Gasteiger partial charge in [-0.25, -0.2) is 0 Å². The highest BCUT2D eigenvalue weighted by molar-refractivity contribution is 8.14. The summed E-state index contributed by atoms with van der Waals surface area (Å²) in [6.45, 7) is 5.77. The Morgan fingerprint density at radius 2 is 2.30 bits per heavy atom. The quantitative estimate of drug-likeness (QED) is 0.846. The standard InChI is InChI=1S/C14H22N4OS/c1-10-8-12(11(2)18(10)3)13-9-20-14(17-16-13)15-6-5-7-19-4/h8H,5-7,9H2,1-4H3,(H,15,17). The highest BCUT2D eigenvalue weighted by Gasteiger charge is 2.17. The maximum Gasteiger partial charge on any atom is 0.177 e. The van der Waals surface area contributed by atoms with Crippen molar-refractivity contribution in [2.24, 2.45) is 17.1 Å². The predicted molar refractivity (Wildman–Crippen MR) is 85.8 cm³/mol. The van der Waals surface area contributed by atoms with Crippen LogP contribution in [0.4, 0.5) is 0 Å². The topological polar surface area (TPSA) is 50.9 Å². The fraction of sp³-hybridized carbons (Fsp3) is 0.571. The van der Waals surface area contributed by atoms with Gasteiger partial charge in [0.05, 0.1) is 5.71 Å². The number of ether oxygens (including phenoxy) is 1. The van der Waals surface area contributed by atoms with Gasteiger partial charge in [0, 0.05) is 50.0 Å². The van der Waals surface area contributed by atoms with Gasteiger partial charge in [0.15, 0.2) is 5.17 Å². The predicted octanol–water partition coefficient (Wildman–Crippen LogP) is 2.07. The van der Waals surface area contributed by atoms with Crippen LogP contribution < -0.4 is 5.43 Å². The molecule has 110 valence electrons. The van der Waals surface area contributed by atoms with Gasteiger partial charge in [-0.3, -0.25) is 10.4 Å². The van der Waals surface area contributed by atoms with Crippen LogP contribution >= 0.6 is 11.8 Å². The van der Waals surface area contributed by atoms with Gasteiger partial charge in [-0.15, -0.1) is 0 Å². The van der Waals surface area contributed by atoms with Crippen LogP contribution in [0.25, 0.3) is 0 Å². The van der Waals surface area contributed by atoms with Gasteiger partial charge in [-0.05, 0) is 26.3 Å². The molecule has 0 atom stereocenters. The lowest BCUT2D eigenvalue weighted by atomic mass is 10.1. The van der Waals surface area contributed by atoms with Gasteiger partial charge in [-0.1, -0.05) is 11.8 Å². The Morgan fingerprint density at radius 3 is 2.85 bits per heavy atom. The van der Waals surface area contributed by atoms with Crippen LogP contribution in [0, 0.1) is 13.8 Å². The van der Waals surface area contributed by atoms with Crippen LogP contribution in [0.5, 0.6) is 0 Å². The molecule has 1 N–H and O–H groups in total. The SMILES string of the molecule is COCCCN=C1NN=C(c2cc(C)n(C)c2C)CS1. The van der Waals surface area contributed by atoms with Crippen molar-refractivity contribution in [1.29, 1.82) is 0 Å². The Kier molecular flexibility index (Phi) is 5.25. The van der Waals surface area contributed by atoms with E-state index in [0.29, 0.717) is 0 Å². The number of hydrogen-bond acceptors (Lipinski definition) is 4. The minimum absolute atomic E-state index is 0.748. The number of hydrogen-bond donors (Lipinski definition) is 1. The number of thioether (sulfide) groups is 1. The van der Waals surface area contributed by atoms with Crippen LogP contribution in [0.1, 0.15) is 23.4 Å². The van der Waals surface area contributed by atoms with Crippen molar-refractivity contribution in [1.82, 2.24) is 9.99 Å². The van der Waals surface area contributed by atoms with E-state index in [-0.39, 0.29) is 0 Å². The van der Waals surface area contributed by atoms with Crippen LogP contribution in [0.15, 0.2) is 16.2 Å². The molecule has 0 fully saturated rings. The third-order valence-electron chi connectivity index (χ3n) is 3.48. The monoisotopic (exact) mass is 294 g/mol. The molecule has 0 amide bonds. The summed E-state index contributed by atoms with van der Waals surface area (Å²) in [5.41, 5.74) is 7.87. The van der Waals surface area contributed by atoms with E-state index in [9.17, 15) is 0 Å². The van der Waals surface area contributed by atoms with Crippen LogP contribution in [0.3, 0.4) is 0 Å². The zero-order valence-electron chi connectivity index (χ0n) is 12.6. The second-order valence-electron chi connectivity index (χ2n) is 4.84. The highest BCUT2D eigenvalue weighted by Crippen LogP contribution is 2.19. The molecule has 0 radical (unpaired) electrons. The highest BCUT2D eigenvalue weighted by atomic mass is 32.2. The summed E-state index contributed by atoms with van der Waals surface area (Å²) in [7, 11) is 3.79. The third kappa shape index (κ3) is 3.43. The molecule has 0 unspecified atom stereocenters. The molecule has 1 aliphatic heterocycles. The van der Waals surface area contributed by atoms with Crippen LogP contribution in [-0.4, -0.2) is 41.5 Å². The number of aryl methyl sites for hydroxylation is 1. The normalized spacial score (nSPS) is 17.2. The van der Waals surface area contributed by atoms with Gasteiger partial charge in [-0.2, -0.15) is 5.10 Å². The van der Waals surface area contributed by atoms with E-state index in [1.165, 1.54) is 17.0 Å². The molecular formula is C14H22N4OS. The van der Waals surface area contributed by atoms with Crippen LogP contribution in [-0.2, 0) is 11.8 Å². The molecule has 0 bridgehead atoms. The number of aliphatic imine (C=N–C) groups is 1. The van der Waals surface area contributed by atoms with E-state index in [2.05, 4.69) is 47.0 Å². The van der Waals surface area contributed by atoms with Gasteiger partial charge >= 0.3 is 0 Å². The maximum absolute atomic E-state index is 5.01. The number of nitrogens with one attached hydrogen (secondary N) is 1. The lowest BCUT2D eigenvalue weighted by molar-refractivity contribution is 0.197. The molecule has 0 saturated heterocycles. The largest absolute Gasteiger partial charge is 0.385 e. The van der Waals surface area contributed by atoms with Crippen molar-refractivity contribution in [3.63, 3.8) is 0 Å². The average molecular weight is 294 g/mol. The Morgan fingerprint density at radius 1 is 1.50 bits per heavy atom. The Labute approximate surface area is 124 Å². The number of methoxy groups -OCH3 is 1. The van der Waals surface area contributed by atoms with Crippen LogP contribution in [0.2, 0.25) is 0 Å². The second-order valence-corrected chi connectivity index (χ2v) is 5.80. The molecule has 1 aromatic heterocycles. The molecule has 0 aromatic carbocycles. The van der Waals surface area contributed by atoms with E-state index >= 15 is 0 Å². The molecule has 2 rings (SSSR count). The third-order valence-corrected chi connectivity index (χ3v) is 4.39. The molecule has 1 aliphatic rings. The van der Waals surface area contributed by atoms with Crippen molar-refractivity contribution in [3.05, 3.63) is 23.0 Å². The maximum atomic E-state index is 5.01. The summed E-state index contributed by atoms with van der Waals surface area (Å²) < 4.78 is 7.20. The van der Waals surface area contributed by atoms with Gasteiger partial charge in [0.25, 0.3) is 0 Å². The van der Waals surface area contributed by atoms with E-state index in [0.717, 1.165) is 36.2 Å². The summed E-state index contributed by atoms with van der Waals surface area (Å²) in [5, 5.41) is 5.36. The van der Waals surface area contributed by atoms with E-state index < -0.39 is 0 Å². The van der Waals surface area contributed by atoms with Crippen molar-refractivity contribution in [3.8, 4) is 0 Å². The lowest BCUT2D eigenvalue weighted by Crippen LogP contribution is -2.26. The van der Waals surface area contributed by atoms with E-state index in [1.54, 1.807) is 18.9 Å². The van der Waals surface area contributed by atoms with Crippen molar-refractivity contribution in [2.45, 2.75) is 20.3 Å². The second kappa shape index (κ2) is 6.95. The lowest BCUT2D eigenvalue weighted by Gasteiger charge is -2.14. The minimum atomic E-state index is 0.748. The molecule has 0 saturated carbocycles.